The molecule has 1 aliphatic heterocycles. The van der Waals surface area contributed by atoms with Crippen LogP contribution in [0.15, 0.2) is 12.1 Å². The Kier molecular flexibility index (Phi) is 3.04. The van der Waals surface area contributed by atoms with Gasteiger partial charge in [-0.3, -0.25) is 4.90 Å². The van der Waals surface area contributed by atoms with Gasteiger partial charge in [-0.05, 0) is 50.9 Å². The van der Waals surface area contributed by atoms with Crippen molar-refractivity contribution >= 4 is 0 Å². The SMILES string of the molecule is Cc1cc(C)c(C2C(N)CCN2C)c(C)c1. The average molecular weight is 218 g/mol. The highest BCUT2D eigenvalue weighted by atomic mass is 15.2. The normalized spacial score (nSPS) is 26.3. The van der Waals surface area contributed by atoms with Crippen LogP contribution in [0.4, 0.5) is 0 Å². The molecule has 1 aromatic carbocycles. The summed E-state index contributed by atoms with van der Waals surface area (Å²) in [6, 6.07) is 5.22. The average Bonchev–Trinajstić information content (AvgIpc) is 2.47. The Morgan fingerprint density at radius 2 is 1.75 bits per heavy atom. The standard InChI is InChI=1S/C14H22N2/c1-9-7-10(2)13(11(3)8-9)14-12(15)5-6-16(14)4/h7-8,12,14H,5-6,15H2,1-4H3. The van der Waals surface area contributed by atoms with Crippen molar-refractivity contribution in [1.82, 2.24) is 4.90 Å². The molecule has 0 aliphatic carbocycles. The lowest BCUT2D eigenvalue weighted by atomic mass is 9.91. The fraction of sp³-hybridized carbons (Fsp3) is 0.571. The zero-order valence-corrected chi connectivity index (χ0v) is 10.7. The number of rotatable bonds is 1. The van der Waals surface area contributed by atoms with Gasteiger partial charge in [0.25, 0.3) is 0 Å². The zero-order valence-electron chi connectivity index (χ0n) is 10.7. The third-order valence-corrected chi connectivity index (χ3v) is 3.73. The first-order valence-corrected chi connectivity index (χ1v) is 6.04. The van der Waals surface area contributed by atoms with E-state index in [-0.39, 0.29) is 6.04 Å². The number of nitrogens with two attached hydrogens (primary N) is 1. The molecule has 2 nitrogen and oxygen atoms in total. The zero-order chi connectivity index (χ0) is 11.9. The molecule has 2 heteroatoms. The molecular weight excluding hydrogens is 196 g/mol. The summed E-state index contributed by atoms with van der Waals surface area (Å²) in [7, 11) is 2.18. The van der Waals surface area contributed by atoms with E-state index < -0.39 is 0 Å². The Morgan fingerprint density at radius 3 is 2.19 bits per heavy atom. The topological polar surface area (TPSA) is 29.3 Å². The van der Waals surface area contributed by atoms with Gasteiger partial charge in [-0.1, -0.05) is 17.7 Å². The van der Waals surface area contributed by atoms with Crippen molar-refractivity contribution < 1.29 is 0 Å². The maximum absolute atomic E-state index is 6.24. The molecule has 0 amide bonds. The largest absolute Gasteiger partial charge is 0.326 e. The predicted molar refractivity (Wildman–Crippen MR) is 68.6 cm³/mol. The first kappa shape index (κ1) is 11.6. The monoisotopic (exact) mass is 218 g/mol. The number of hydrogen-bond acceptors (Lipinski definition) is 2. The van der Waals surface area contributed by atoms with E-state index in [1.165, 1.54) is 22.3 Å². The molecule has 1 fully saturated rings. The smallest absolute Gasteiger partial charge is 0.0502 e. The lowest BCUT2D eigenvalue weighted by Crippen LogP contribution is -2.30. The quantitative estimate of drug-likeness (QED) is 0.784. The van der Waals surface area contributed by atoms with Crippen LogP contribution in [0.5, 0.6) is 0 Å². The molecule has 2 rings (SSSR count). The van der Waals surface area contributed by atoms with Crippen LogP contribution in [0.1, 0.15) is 34.7 Å². The van der Waals surface area contributed by atoms with Crippen LogP contribution in [-0.4, -0.2) is 24.5 Å². The van der Waals surface area contributed by atoms with Crippen LogP contribution in [0.2, 0.25) is 0 Å². The van der Waals surface area contributed by atoms with E-state index in [4.69, 9.17) is 5.73 Å². The number of aryl methyl sites for hydroxylation is 3. The number of likely N-dealkylation sites (tertiary alicyclic amines) is 1. The highest BCUT2D eigenvalue weighted by Crippen LogP contribution is 2.34. The van der Waals surface area contributed by atoms with Crippen LogP contribution in [-0.2, 0) is 0 Å². The fourth-order valence-corrected chi connectivity index (χ4v) is 3.07. The van der Waals surface area contributed by atoms with Crippen molar-refractivity contribution in [2.24, 2.45) is 5.73 Å². The van der Waals surface area contributed by atoms with Crippen LogP contribution < -0.4 is 5.73 Å². The summed E-state index contributed by atoms with van der Waals surface area (Å²) >= 11 is 0. The van der Waals surface area contributed by atoms with Crippen LogP contribution in [0.25, 0.3) is 0 Å². The highest BCUT2D eigenvalue weighted by molar-refractivity contribution is 5.40. The minimum Gasteiger partial charge on any atom is -0.326 e. The van der Waals surface area contributed by atoms with Gasteiger partial charge in [-0.2, -0.15) is 0 Å². The molecule has 1 aromatic rings. The minimum atomic E-state index is 0.283. The van der Waals surface area contributed by atoms with Gasteiger partial charge in [0.1, 0.15) is 0 Å². The summed E-state index contributed by atoms with van der Waals surface area (Å²) in [6.45, 7) is 7.67. The molecule has 0 aromatic heterocycles. The lowest BCUT2D eigenvalue weighted by molar-refractivity contribution is 0.302. The Hall–Kier alpha value is -0.860. The first-order valence-electron chi connectivity index (χ1n) is 6.04. The maximum atomic E-state index is 6.24. The molecule has 2 N–H and O–H groups in total. The van der Waals surface area contributed by atoms with Gasteiger partial charge >= 0.3 is 0 Å². The van der Waals surface area contributed by atoms with E-state index >= 15 is 0 Å². The molecule has 0 saturated carbocycles. The molecule has 16 heavy (non-hydrogen) atoms. The van der Waals surface area contributed by atoms with E-state index in [9.17, 15) is 0 Å². The fourth-order valence-electron chi connectivity index (χ4n) is 3.07. The molecule has 0 spiro atoms. The summed E-state index contributed by atoms with van der Waals surface area (Å²) in [5.74, 6) is 0. The maximum Gasteiger partial charge on any atom is 0.0502 e. The number of hydrogen-bond donors (Lipinski definition) is 1. The van der Waals surface area contributed by atoms with Gasteiger partial charge in [-0.15, -0.1) is 0 Å². The molecule has 88 valence electrons. The van der Waals surface area contributed by atoms with Crippen molar-refractivity contribution in [3.05, 3.63) is 34.4 Å². The predicted octanol–water partition coefficient (Wildman–Crippen LogP) is 2.32. The molecular formula is C14H22N2. The molecule has 1 heterocycles. The summed E-state index contributed by atoms with van der Waals surface area (Å²) in [4.78, 5) is 2.38. The molecule has 0 bridgehead atoms. The summed E-state index contributed by atoms with van der Waals surface area (Å²) in [5.41, 5.74) is 11.8. The number of nitrogens with zero attached hydrogens (tertiary/aromatic N) is 1. The minimum absolute atomic E-state index is 0.283. The van der Waals surface area contributed by atoms with Crippen molar-refractivity contribution in [2.75, 3.05) is 13.6 Å². The molecule has 2 atom stereocenters. The van der Waals surface area contributed by atoms with Crippen molar-refractivity contribution in [3.63, 3.8) is 0 Å². The number of benzene rings is 1. The van der Waals surface area contributed by atoms with Crippen LogP contribution in [0, 0.1) is 20.8 Å². The van der Waals surface area contributed by atoms with Gasteiger partial charge in [0.15, 0.2) is 0 Å². The third kappa shape index (κ3) is 1.87. The van der Waals surface area contributed by atoms with E-state index in [1.54, 1.807) is 0 Å². The molecule has 1 aliphatic rings. The summed E-state index contributed by atoms with van der Waals surface area (Å²) in [6.07, 6.45) is 1.11. The third-order valence-electron chi connectivity index (χ3n) is 3.73. The van der Waals surface area contributed by atoms with Gasteiger partial charge < -0.3 is 5.73 Å². The van der Waals surface area contributed by atoms with Gasteiger partial charge in [0.05, 0.1) is 6.04 Å². The Bertz CT molecular complexity index is 365. The first-order chi connectivity index (χ1) is 7.50. The lowest BCUT2D eigenvalue weighted by Gasteiger charge is -2.27. The van der Waals surface area contributed by atoms with Crippen molar-refractivity contribution in [2.45, 2.75) is 39.3 Å². The second kappa shape index (κ2) is 4.19. The van der Waals surface area contributed by atoms with Gasteiger partial charge in [0, 0.05) is 12.6 Å². The molecule has 0 radical (unpaired) electrons. The second-order valence-corrected chi connectivity index (χ2v) is 5.19. The summed E-state index contributed by atoms with van der Waals surface area (Å²) < 4.78 is 0. The van der Waals surface area contributed by atoms with E-state index in [0.717, 1.165) is 13.0 Å². The molecule has 2 unspecified atom stereocenters. The Labute approximate surface area is 98.4 Å². The van der Waals surface area contributed by atoms with E-state index in [2.05, 4.69) is 44.9 Å². The van der Waals surface area contributed by atoms with Crippen molar-refractivity contribution in [3.8, 4) is 0 Å². The van der Waals surface area contributed by atoms with Gasteiger partial charge in [0.2, 0.25) is 0 Å². The van der Waals surface area contributed by atoms with Crippen LogP contribution in [0.3, 0.4) is 0 Å². The Balaban J connectivity index is 2.47. The van der Waals surface area contributed by atoms with E-state index in [1.807, 2.05) is 0 Å². The highest BCUT2D eigenvalue weighted by Gasteiger charge is 2.32. The summed E-state index contributed by atoms with van der Waals surface area (Å²) in [5, 5.41) is 0. The number of likely N-dealkylation sites (N-methyl/N-ethyl adjacent to an activating group) is 1. The Morgan fingerprint density at radius 1 is 1.19 bits per heavy atom. The van der Waals surface area contributed by atoms with Crippen molar-refractivity contribution in [1.29, 1.82) is 0 Å². The van der Waals surface area contributed by atoms with E-state index in [0.29, 0.717) is 6.04 Å². The second-order valence-electron chi connectivity index (χ2n) is 5.19. The van der Waals surface area contributed by atoms with Gasteiger partial charge in [-0.25, -0.2) is 0 Å². The molecule has 1 saturated heterocycles. The van der Waals surface area contributed by atoms with Crippen LogP contribution >= 0.6 is 0 Å².